The molecular weight excluding hydrogens is 352 g/mol. The lowest BCUT2D eigenvalue weighted by atomic mass is 10.1. The Morgan fingerprint density at radius 2 is 1.64 bits per heavy atom. The summed E-state index contributed by atoms with van der Waals surface area (Å²) in [6.07, 6.45) is 4.18. The third-order valence-corrected chi connectivity index (χ3v) is 5.21. The van der Waals surface area contributed by atoms with Gasteiger partial charge in [-0.25, -0.2) is 4.79 Å². The minimum atomic E-state index is -0.188. The van der Waals surface area contributed by atoms with E-state index in [4.69, 9.17) is 0 Å². The van der Waals surface area contributed by atoms with Gasteiger partial charge in [0.15, 0.2) is 0 Å². The molecule has 1 aliphatic heterocycles. The second-order valence-electron chi connectivity index (χ2n) is 7.16. The van der Waals surface area contributed by atoms with Crippen molar-refractivity contribution in [1.29, 1.82) is 0 Å². The summed E-state index contributed by atoms with van der Waals surface area (Å²) in [6, 6.07) is 15.4. The Morgan fingerprint density at radius 1 is 1.00 bits per heavy atom. The molecule has 0 aliphatic carbocycles. The molecule has 2 N–H and O–H groups in total. The van der Waals surface area contributed by atoms with Crippen molar-refractivity contribution >= 4 is 11.6 Å². The van der Waals surface area contributed by atoms with Gasteiger partial charge in [0.2, 0.25) is 0 Å². The van der Waals surface area contributed by atoms with Gasteiger partial charge in [0.1, 0.15) is 0 Å². The standard InChI is InChI=1S/C22H24N4O2/c1-16-14-24-22(28)26(16)20-10-6-18(7-11-20)21(27)23-15-17-4-8-19(9-5-17)25-12-2-3-13-25/h4-11,14H,2-3,12-13,15H2,1H3,(H,23,27)(H,24,28). The van der Waals surface area contributed by atoms with Crippen LogP contribution in [-0.4, -0.2) is 28.5 Å². The first kappa shape index (κ1) is 18.1. The van der Waals surface area contributed by atoms with Crippen LogP contribution in [0.2, 0.25) is 0 Å². The Bertz CT molecular complexity index is 1010. The van der Waals surface area contributed by atoms with Gasteiger partial charge >= 0.3 is 5.69 Å². The maximum atomic E-state index is 12.4. The van der Waals surface area contributed by atoms with Crippen LogP contribution in [0.15, 0.2) is 59.5 Å². The Kier molecular flexibility index (Phi) is 5.02. The van der Waals surface area contributed by atoms with Gasteiger partial charge in [-0.2, -0.15) is 0 Å². The van der Waals surface area contributed by atoms with E-state index in [2.05, 4.69) is 39.5 Å². The molecule has 3 aromatic rings. The van der Waals surface area contributed by atoms with Crippen molar-refractivity contribution in [1.82, 2.24) is 14.9 Å². The largest absolute Gasteiger partial charge is 0.372 e. The molecule has 0 radical (unpaired) electrons. The molecule has 1 aliphatic rings. The molecule has 4 rings (SSSR count). The Hall–Kier alpha value is -3.28. The van der Waals surface area contributed by atoms with E-state index in [1.807, 2.05) is 6.92 Å². The zero-order valence-corrected chi connectivity index (χ0v) is 15.9. The molecule has 0 saturated carbocycles. The second-order valence-corrected chi connectivity index (χ2v) is 7.16. The van der Waals surface area contributed by atoms with Crippen LogP contribution in [0.3, 0.4) is 0 Å². The molecule has 6 heteroatoms. The summed E-state index contributed by atoms with van der Waals surface area (Å²) in [6.45, 7) is 4.59. The highest BCUT2D eigenvalue weighted by molar-refractivity contribution is 5.94. The summed E-state index contributed by atoms with van der Waals surface area (Å²) in [4.78, 5) is 29.3. The number of imidazole rings is 1. The molecule has 0 spiro atoms. The van der Waals surface area contributed by atoms with E-state index in [0.29, 0.717) is 12.1 Å². The number of hydrogen-bond acceptors (Lipinski definition) is 3. The summed E-state index contributed by atoms with van der Waals surface area (Å²) < 4.78 is 1.57. The van der Waals surface area contributed by atoms with Crippen LogP contribution in [0.4, 0.5) is 5.69 Å². The lowest BCUT2D eigenvalue weighted by Crippen LogP contribution is -2.23. The Labute approximate surface area is 163 Å². The smallest absolute Gasteiger partial charge is 0.330 e. The maximum Gasteiger partial charge on any atom is 0.330 e. The molecular formula is C22H24N4O2. The van der Waals surface area contributed by atoms with E-state index in [-0.39, 0.29) is 11.6 Å². The fourth-order valence-electron chi connectivity index (χ4n) is 3.62. The number of aromatic nitrogens is 2. The van der Waals surface area contributed by atoms with Crippen molar-refractivity contribution in [3.8, 4) is 5.69 Å². The van der Waals surface area contributed by atoms with Gasteiger partial charge in [-0.05, 0) is 61.7 Å². The normalized spacial score (nSPS) is 13.7. The highest BCUT2D eigenvalue weighted by Gasteiger charge is 2.12. The van der Waals surface area contributed by atoms with Crippen LogP contribution in [-0.2, 0) is 6.54 Å². The minimum absolute atomic E-state index is 0.131. The fourth-order valence-corrected chi connectivity index (χ4v) is 3.62. The number of amides is 1. The second kappa shape index (κ2) is 7.76. The molecule has 2 aromatic carbocycles. The summed E-state index contributed by atoms with van der Waals surface area (Å²) in [5, 5.41) is 2.95. The first-order chi connectivity index (χ1) is 13.6. The molecule has 0 bridgehead atoms. The number of benzene rings is 2. The van der Waals surface area contributed by atoms with E-state index in [1.54, 1.807) is 35.0 Å². The third kappa shape index (κ3) is 3.71. The monoisotopic (exact) mass is 376 g/mol. The highest BCUT2D eigenvalue weighted by Crippen LogP contribution is 2.20. The number of anilines is 1. The zero-order chi connectivity index (χ0) is 19.5. The van der Waals surface area contributed by atoms with Gasteiger partial charge in [-0.15, -0.1) is 0 Å². The molecule has 28 heavy (non-hydrogen) atoms. The molecule has 2 heterocycles. The van der Waals surface area contributed by atoms with Crippen molar-refractivity contribution in [3.63, 3.8) is 0 Å². The third-order valence-electron chi connectivity index (χ3n) is 5.21. The quantitative estimate of drug-likeness (QED) is 0.719. The minimum Gasteiger partial charge on any atom is -0.372 e. The first-order valence-corrected chi connectivity index (χ1v) is 9.61. The summed E-state index contributed by atoms with van der Waals surface area (Å²) in [5.41, 5.74) is 4.25. The number of aromatic amines is 1. The maximum absolute atomic E-state index is 12.4. The molecule has 1 fully saturated rings. The molecule has 1 aromatic heterocycles. The van der Waals surface area contributed by atoms with Crippen molar-refractivity contribution < 1.29 is 4.79 Å². The number of H-pyrrole nitrogens is 1. The predicted molar refractivity (Wildman–Crippen MR) is 110 cm³/mol. The number of rotatable bonds is 5. The van der Waals surface area contributed by atoms with Gasteiger partial charge in [0.05, 0.1) is 5.69 Å². The molecule has 0 atom stereocenters. The zero-order valence-electron chi connectivity index (χ0n) is 15.9. The predicted octanol–water partition coefficient (Wildman–Crippen LogP) is 3.00. The van der Waals surface area contributed by atoms with E-state index in [9.17, 15) is 9.59 Å². The molecule has 0 unspecified atom stereocenters. The number of aryl methyl sites for hydroxylation is 1. The highest BCUT2D eigenvalue weighted by atomic mass is 16.2. The first-order valence-electron chi connectivity index (χ1n) is 9.61. The topological polar surface area (TPSA) is 70.1 Å². The number of nitrogens with one attached hydrogen (secondary N) is 2. The van der Waals surface area contributed by atoms with Crippen LogP contribution < -0.4 is 15.9 Å². The summed E-state index contributed by atoms with van der Waals surface area (Å²) >= 11 is 0. The molecule has 1 saturated heterocycles. The summed E-state index contributed by atoms with van der Waals surface area (Å²) in [7, 11) is 0. The van der Waals surface area contributed by atoms with Crippen molar-refractivity contribution in [2.45, 2.75) is 26.3 Å². The summed E-state index contributed by atoms with van der Waals surface area (Å²) in [5.74, 6) is -0.131. The van der Waals surface area contributed by atoms with Gasteiger partial charge in [0, 0.05) is 42.8 Å². The average molecular weight is 376 g/mol. The molecule has 6 nitrogen and oxygen atoms in total. The Morgan fingerprint density at radius 3 is 2.25 bits per heavy atom. The molecule has 144 valence electrons. The SMILES string of the molecule is Cc1c[nH]c(=O)n1-c1ccc(C(=O)NCc2ccc(N3CCCC3)cc2)cc1. The average Bonchev–Trinajstić information content (AvgIpc) is 3.37. The van der Waals surface area contributed by atoms with Gasteiger partial charge in [-0.1, -0.05) is 12.1 Å². The number of hydrogen-bond donors (Lipinski definition) is 2. The van der Waals surface area contributed by atoms with Crippen LogP contribution in [0.25, 0.3) is 5.69 Å². The van der Waals surface area contributed by atoms with Crippen LogP contribution in [0, 0.1) is 6.92 Å². The van der Waals surface area contributed by atoms with Crippen molar-refractivity contribution in [2.75, 3.05) is 18.0 Å². The number of nitrogens with zero attached hydrogens (tertiary/aromatic N) is 2. The van der Waals surface area contributed by atoms with E-state index >= 15 is 0 Å². The fraction of sp³-hybridized carbons (Fsp3) is 0.273. The van der Waals surface area contributed by atoms with E-state index in [0.717, 1.165) is 30.0 Å². The van der Waals surface area contributed by atoms with Gasteiger partial charge in [0.25, 0.3) is 5.91 Å². The van der Waals surface area contributed by atoms with Crippen LogP contribution in [0.1, 0.15) is 34.5 Å². The number of carbonyl (C=O) groups excluding carboxylic acids is 1. The lowest BCUT2D eigenvalue weighted by molar-refractivity contribution is 0.0951. The number of carbonyl (C=O) groups is 1. The van der Waals surface area contributed by atoms with Crippen molar-refractivity contribution in [3.05, 3.63) is 82.0 Å². The van der Waals surface area contributed by atoms with Gasteiger partial charge in [-0.3, -0.25) is 9.36 Å². The van der Waals surface area contributed by atoms with Crippen LogP contribution >= 0.6 is 0 Å². The molecule has 1 amide bonds. The van der Waals surface area contributed by atoms with Crippen LogP contribution in [0.5, 0.6) is 0 Å². The van der Waals surface area contributed by atoms with E-state index in [1.165, 1.54) is 18.5 Å². The van der Waals surface area contributed by atoms with Crippen molar-refractivity contribution in [2.24, 2.45) is 0 Å². The van der Waals surface area contributed by atoms with E-state index < -0.39 is 0 Å². The lowest BCUT2D eigenvalue weighted by Gasteiger charge is -2.17. The van der Waals surface area contributed by atoms with Gasteiger partial charge < -0.3 is 15.2 Å². The Balaban J connectivity index is 1.38.